The fourth-order valence-electron chi connectivity index (χ4n) is 0.967. The maximum absolute atomic E-state index is 11.2. The Morgan fingerprint density at radius 2 is 2.36 bits per heavy atom. The molecule has 0 bridgehead atoms. The van der Waals surface area contributed by atoms with Gasteiger partial charge in [0.1, 0.15) is 6.04 Å². The molecule has 1 atom stereocenters. The summed E-state index contributed by atoms with van der Waals surface area (Å²) in [5.41, 5.74) is 0. The first-order chi connectivity index (χ1) is 6.76. The number of ether oxygens (including phenoxy) is 1. The van der Waals surface area contributed by atoms with Gasteiger partial charge in [0.05, 0.1) is 7.11 Å². The number of thioether (sulfide) groups is 1. The summed E-state index contributed by atoms with van der Waals surface area (Å²) in [5, 5.41) is 11.6. The van der Waals surface area contributed by atoms with Crippen molar-refractivity contribution in [2.24, 2.45) is 0 Å². The molecule has 0 heterocycles. The van der Waals surface area contributed by atoms with Crippen molar-refractivity contribution in [3.05, 3.63) is 0 Å². The Balaban J connectivity index is 3.67. The van der Waals surface area contributed by atoms with Gasteiger partial charge in [0.15, 0.2) is 0 Å². The van der Waals surface area contributed by atoms with Crippen molar-refractivity contribution in [3.63, 3.8) is 0 Å². The molecule has 0 amide bonds. The minimum Gasteiger partial charge on any atom is -0.468 e. The first kappa shape index (κ1) is 13.7. The zero-order valence-electron chi connectivity index (χ0n) is 8.78. The van der Waals surface area contributed by atoms with Crippen molar-refractivity contribution in [1.82, 2.24) is 5.32 Å². The molecule has 0 radical (unpaired) electrons. The Morgan fingerprint density at radius 3 is 2.86 bits per heavy atom. The lowest BCUT2D eigenvalue weighted by molar-refractivity contribution is -0.142. The van der Waals surface area contributed by atoms with E-state index in [2.05, 4.69) is 10.1 Å². The van der Waals surface area contributed by atoms with Crippen LogP contribution in [0.5, 0.6) is 0 Å². The number of likely N-dealkylation sites (N-methyl/N-ethyl adjacent to an activating group) is 1. The van der Waals surface area contributed by atoms with E-state index < -0.39 is 0 Å². The molecule has 0 saturated carbocycles. The maximum atomic E-state index is 11.2. The lowest BCUT2D eigenvalue weighted by atomic mass is 10.3. The van der Waals surface area contributed by atoms with Crippen molar-refractivity contribution in [1.29, 1.82) is 0 Å². The molecule has 1 unspecified atom stereocenters. The molecule has 0 aliphatic rings. The van der Waals surface area contributed by atoms with Crippen molar-refractivity contribution in [2.75, 3.05) is 31.8 Å². The largest absolute Gasteiger partial charge is 0.468 e. The topological polar surface area (TPSA) is 58.6 Å². The van der Waals surface area contributed by atoms with Gasteiger partial charge in [-0.2, -0.15) is 11.8 Å². The molecule has 0 saturated heterocycles. The lowest BCUT2D eigenvalue weighted by Crippen LogP contribution is -2.39. The second kappa shape index (κ2) is 9.30. The highest BCUT2D eigenvalue weighted by Gasteiger charge is 2.16. The summed E-state index contributed by atoms with van der Waals surface area (Å²) in [6.45, 7) is 2.91. The number of methoxy groups -OCH3 is 1. The fraction of sp³-hybridized carbons (Fsp3) is 0.889. The molecule has 14 heavy (non-hydrogen) atoms. The van der Waals surface area contributed by atoms with Gasteiger partial charge in [-0.25, -0.2) is 0 Å². The van der Waals surface area contributed by atoms with Crippen LogP contribution in [0.15, 0.2) is 0 Å². The van der Waals surface area contributed by atoms with Crippen LogP contribution in [0.4, 0.5) is 0 Å². The minimum atomic E-state index is -0.228. The summed E-state index contributed by atoms with van der Waals surface area (Å²) < 4.78 is 4.66. The second-order valence-electron chi connectivity index (χ2n) is 2.79. The van der Waals surface area contributed by atoms with E-state index in [1.54, 1.807) is 11.8 Å². The van der Waals surface area contributed by atoms with E-state index in [4.69, 9.17) is 5.11 Å². The summed E-state index contributed by atoms with van der Waals surface area (Å²) >= 11 is 1.65. The molecule has 5 heteroatoms. The third kappa shape index (κ3) is 6.23. The van der Waals surface area contributed by atoms with Crippen LogP contribution >= 0.6 is 11.8 Å². The Morgan fingerprint density at radius 1 is 1.64 bits per heavy atom. The molecule has 0 rings (SSSR count). The van der Waals surface area contributed by atoms with Gasteiger partial charge < -0.3 is 15.2 Å². The van der Waals surface area contributed by atoms with Crippen LogP contribution in [-0.4, -0.2) is 48.9 Å². The second-order valence-corrected chi connectivity index (χ2v) is 3.94. The number of esters is 1. The van der Waals surface area contributed by atoms with Crippen LogP contribution < -0.4 is 5.32 Å². The van der Waals surface area contributed by atoms with Crippen LogP contribution in [0.3, 0.4) is 0 Å². The van der Waals surface area contributed by atoms with Crippen LogP contribution in [0.2, 0.25) is 0 Å². The average molecular weight is 221 g/mol. The molecule has 0 fully saturated rings. The van der Waals surface area contributed by atoms with Crippen LogP contribution in [0.1, 0.15) is 13.3 Å². The summed E-state index contributed by atoms with van der Waals surface area (Å²) in [5.74, 6) is 1.35. The van der Waals surface area contributed by atoms with Crippen molar-refractivity contribution in [3.8, 4) is 0 Å². The number of rotatable bonds is 8. The van der Waals surface area contributed by atoms with Crippen molar-refractivity contribution < 1.29 is 14.6 Å². The molecule has 84 valence electrons. The number of aliphatic hydroxyl groups is 1. The quantitative estimate of drug-likeness (QED) is 0.454. The van der Waals surface area contributed by atoms with E-state index >= 15 is 0 Å². The van der Waals surface area contributed by atoms with Gasteiger partial charge in [-0.05, 0) is 18.7 Å². The molecular weight excluding hydrogens is 202 g/mol. The molecule has 0 aromatic rings. The van der Waals surface area contributed by atoms with Crippen LogP contribution in [0, 0.1) is 0 Å². The van der Waals surface area contributed by atoms with Crippen molar-refractivity contribution in [2.45, 2.75) is 19.4 Å². The summed E-state index contributed by atoms with van der Waals surface area (Å²) in [4.78, 5) is 11.2. The number of hydrogen-bond donors (Lipinski definition) is 2. The van der Waals surface area contributed by atoms with Gasteiger partial charge in [0, 0.05) is 12.4 Å². The summed E-state index contributed by atoms with van der Waals surface area (Å²) in [6.07, 6.45) is 0.769. The van der Waals surface area contributed by atoms with Gasteiger partial charge in [0.2, 0.25) is 0 Å². The highest BCUT2D eigenvalue weighted by molar-refractivity contribution is 7.99. The van der Waals surface area contributed by atoms with E-state index in [0.717, 1.165) is 18.7 Å². The standard InChI is InChI=1S/C9H19NO3S/c1-3-10-8(9(12)13-2)7-14-6-4-5-11/h8,10-11H,3-7H2,1-2H3. The predicted octanol–water partition coefficient (Wildman–Crippen LogP) is 0.253. The molecule has 0 aliphatic heterocycles. The highest BCUT2D eigenvalue weighted by atomic mass is 32.2. The first-order valence-corrected chi connectivity index (χ1v) is 5.91. The number of carbonyl (C=O) groups is 1. The Kier molecular flexibility index (Phi) is 9.13. The van der Waals surface area contributed by atoms with Gasteiger partial charge in [0.25, 0.3) is 0 Å². The van der Waals surface area contributed by atoms with Gasteiger partial charge in [-0.3, -0.25) is 4.79 Å². The molecule has 0 aromatic carbocycles. The molecular formula is C9H19NO3S. The van der Waals surface area contributed by atoms with Gasteiger partial charge >= 0.3 is 5.97 Å². The fourth-order valence-corrected chi connectivity index (χ4v) is 1.96. The Hall–Kier alpha value is -0.260. The van der Waals surface area contributed by atoms with E-state index in [9.17, 15) is 4.79 Å². The van der Waals surface area contributed by atoms with Gasteiger partial charge in [-0.15, -0.1) is 0 Å². The zero-order valence-corrected chi connectivity index (χ0v) is 9.60. The maximum Gasteiger partial charge on any atom is 0.323 e. The number of carbonyl (C=O) groups excluding carboxylic acids is 1. The SMILES string of the molecule is CCNC(CSCCCO)C(=O)OC. The Bertz CT molecular complexity index is 155. The molecule has 2 N–H and O–H groups in total. The molecule has 4 nitrogen and oxygen atoms in total. The third-order valence-corrected chi connectivity index (χ3v) is 2.81. The Labute approximate surface area is 89.4 Å². The third-order valence-electron chi connectivity index (χ3n) is 1.67. The predicted molar refractivity (Wildman–Crippen MR) is 58.5 cm³/mol. The summed E-state index contributed by atoms with van der Waals surface area (Å²) in [7, 11) is 1.39. The number of hydrogen-bond acceptors (Lipinski definition) is 5. The van der Waals surface area contributed by atoms with E-state index in [0.29, 0.717) is 5.75 Å². The first-order valence-electron chi connectivity index (χ1n) is 4.76. The minimum absolute atomic E-state index is 0.205. The summed E-state index contributed by atoms with van der Waals surface area (Å²) in [6, 6.07) is -0.228. The zero-order chi connectivity index (χ0) is 10.8. The lowest BCUT2D eigenvalue weighted by Gasteiger charge is -2.14. The van der Waals surface area contributed by atoms with Crippen molar-refractivity contribution >= 4 is 17.7 Å². The normalized spacial score (nSPS) is 12.5. The molecule has 0 aliphatic carbocycles. The average Bonchev–Trinajstić information content (AvgIpc) is 2.21. The molecule has 0 aromatic heterocycles. The van der Waals surface area contributed by atoms with Crippen LogP contribution in [0.25, 0.3) is 0 Å². The van der Waals surface area contributed by atoms with E-state index in [1.165, 1.54) is 7.11 Å². The molecule has 0 spiro atoms. The number of nitrogens with one attached hydrogen (secondary N) is 1. The van der Waals surface area contributed by atoms with E-state index in [1.807, 2.05) is 6.92 Å². The van der Waals surface area contributed by atoms with E-state index in [-0.39, 0.29) is 18.6 Å². The smallest absolute Gasteiger partial charge is 0.323 e. The monoisotopic (exact) mass is 221 g/mol. The van der Waals surface area contributed by atoms with Gasteiger partial charge in [-0.1, -0.05) is 6.92 Å². The van der Waals surface area contributed by atoms with Crippen LogP contribution in [-0.2, 0) is 9.53 Å². The number of aliphatic hydroxyl groups excluding tert-OH is 1. The highest BCUT2D eigenvalue weighted by Crippen LogP contribution is 2.05.